The van der Waals surface area contributed by atoms with E-state index in [4.69, 9.17) is 10.5 Å². The first-order valence-corrected chi connectivity index (χ1v) is 10.4. The molecule has 0 aromatic rings. The van der Waals surface area contributed by atoms with Gasteiger partial charge in [0, 0.05) is 17.6 Å². The Hall–Kier alpha value is -0.0551. The molecule has 3 aliphatic rings. The van der Waals surface area contributed by atoms with Gasteiger partial charge < -0.3 is 10.5 Å². The molecule has 2 saturated heterocycles. The van der Waals surface area contributed by atoms with E-state index in [1.807, 2.05) is 0 Å². The minimum absolute atomic E-state index is 0.0564. The molecule has 138 valence electrons. The third-order valence-electron chi connectivity index (χ3n) is 7.63. The Morgan fingerprint density at radius 3 is 2.46 bits per heavy atom. The Bertz CT molecular complexity index is 449. The smallest absolute Gasteiger partial charge is 0.109 e. The molecule has 1 saturated carbocycles. The van der Waals surface area contributed by atoms with Gasteiger partial charge in [0.2, 0.25) is 0 Å². The van der Waals surface area contributed by atoms with Gasteiger partial charge >= 0.3 is 0 Å². The van der Waals surface area contributed by atoms with Crippen molar-refractivity contribution in [1.29, 1.82) is 0 Å². The van der Waals surface area contributed by atoms with Crippen LogP contribution in [-0.2, 0) is 4.74 Å². The summed E-state index contributed by atoms with van der Waals surface area (Å²) in [5.74, 6) is 0.620. The average molecular weight is 334 g/mol. The first-order chi connectivity index (χ1) is 11.2. The van der Waals surface area contributed by atoms with E-state index in [1.54, 1.807) is 0 Å². The zero-order chi connectivity index (χ0) is 17.6. The van der Waals surface area contributed by atoms with Gasteiger partial charge in [0.25, 0.3) is 0 Å². The third-order valence-corrected chi connectivity index (χ3v) is 7.63. The number of rotatable bonds is 2. The standard InChI is InChI=1S/C20H39BN2O/c1-5-19(21)10-7-6-8-17-16(18(4,22)12-19)9-11-20(13-24-14-20)23(17)15(2)3/h15-17H,5-14,21-22H2,1-4H3. The highest BCUT2D eigenvalue weighted by molar-refractivity contribution is 6.15. The zero-order valence-corrected chi connectivity index (χ0v) is 16.7. The van der Waals surface area contributed by atoms with Crippen molar-refractivity contribution in [2.24, 2.45) is 11.7 Å². The van der Waals surface area contributed by atoms with Crippen LogP contribution in [0.2, 0.25) is 5.31 Å². The lowest BCUT2D eigenvalue weighted by Crippen LogP contribution is -2.72. The van der Waals surface area contributed by atoms with E-state index in [2.05, 4.69) is 40.4 Å². The summed E-state index contributed by atoms with van der Waals surface area (Å²) in [5.41, 5.74) is 7.33. The monoisotopic (exact) mass is 334 g/mol. The van der Waals surface area contributed by atoms with Crippen LogP contribution in [0.25, 0.3) is 0 Å². The SMILES string of the molecule is BC1(CC)CCCCC2C(CCC3(COC3)N2C(C)C)C(C)(N)C1. The fourth-order valence-electron chi connectivity index (χ4n) is 6.31. The molecule has 2 heterocycles. The summed E-state index contributed by atoms with van der Waals surface area (Å²) in [7, 11) is 2.47. The normalized spacial score (nSPS) is 43.6. The van der Waals surface area contributed by atoms with Crippen molar-refractivity contribution < 1.29 is 4.74 Å². The van der Waals surface area contributed by atoms with Crippen LogP contribution >= 0.6 is 0 Å². The first kappa shape index (κ1) is 18.7. The second kappa shape index (κ2) is 6.59. The Kier molecular flexibility index (Phi) is 5.14. The third kappa shape index (κ3) is 3.19. The number of likely N-dealkylation sites (tertiary alicyclic amines) is 1. The zero-order valence-electron chi connectivity index (χ0n) is 16.7. The highest BCUT2D eigenvalue weighted by atomic mass is 16.5. The summed E-state index contributed by atoms with van der Waals surface area (Å²) in [6, 6.07) is 1.22. The lowest BCUT2D eigenvalue weighted by molar-refractivity contribution is -0.200. The van der Waals surface area contributed by atoms with Crippen molar-refractivity contribution in [3.8, 4) is 0 Å². The molecular formula is C20H39BN2O. The fourth-order valence-corrected chi connectivity index (χ4v) is 6.31. The van der Waals surface area contributed by atoms with Crippen LogP contribution in [0.1, 0.15) is 79.1 Å². The molecule has 3 nitrogen and oxygen atoms in total. The van der Waals surface area contributed by atoms with E-state index in [0.29, 0.717) is 28.9 Å². The molecule has 4 heteroatoms. The lowest BCUT2D eigenvalue weighted by atomic mass is 9.56. The molecule has 1 aliphatic carbocycles. The van der Waals surface area contributed by atoms with Crippen molar-refractivity contribution in [3.63, 3.8) is 0 Å². The van der Waals surface area contributed by atoms with Gasteiger partial charge in [-0.05, 0) is 52.4 Å². The highest BCUT2D eigenvalue weighted by Crippen LogP contribution is 2.51. The van der Waals surface area contributed by atoms with Gasteiger partial charge in [-0.15, -0.1) is 0 Å². The average Bonchev–Trinajstić information content (AvgIpc) is 2.52. The second-order valence-electron chi connectivity index (χ2n) is 10.0. The number of hydrogen-bond donors (Lipinski definition) is 1. The highest BCUT2D eigenvalue weighted by Gasteiger charge is 2.55. The quantitative estimate of drug-likeness (QED) is 0.789. The maximum Gasteiger partial charge on any atom is 0.109 e. The molecule has 2 N–H and O–H groups in total. The predicted molar refractivity (Wildman–Crippen MR) is 104 cm³/mol. The molecule has 0 amide bonds. The molecule has 1 spiro atoms. The molecule has 2 aliphatic heterocycles. The van der Waals surface area contributed by atoms with Crippen molar-refractivity contribution in [2.75, 3.05) is 13.2 Å². The summed E-state index contributed by atoms with van der Waals surface area (Å²) >= 11 is 0. The molecular weight excluding hydrogens is 295 g/mol. The summed E-state index contributed by atoms with van der Waals surface area (Å²) in [4.78, 5) is 2.84. The number of ether oxygens (including phenoxy) is 1. The second-order valence-corrected chi connectivity index (χ2v) is 10.0. The molecule has 0 aromatic carbocycles. The van der Waals surface area contributed by atoms with Crippen molar-refractivity contribution in [2.45, 2.75) is 108 Å². The van der Waals surface area contributed by atoms with Gasteiger partial charge in [0.1, 0.15) is 7.85 Å². The van der Waals surface area contributed by atoms with E-state index in [-0.39, 0.29) is 5.54 Å². The van der Waals surface area contributed by atoms with E-state index in [0.717, 1.165) is 13.2 Å². The Balaban J connectivity index is 1.92. The van der Waals surface area contributed by atoms with Crippen molar-refractivity contribution >= 4 is 7.85 Å². The van der Waals surface area contributed by atoms with Gasteiger partial charge in [-0.2, -0.15) is 0 Å². The van der Waals surface area contributed by atoms with E-state index in [9.17, 15) is 0 Å². The van der Waals surface area contributed by atoms with Crippen LogP contribution in [0.15, 0.2) is 0 Å². The largest absolute Gasteiger partial charge is 0.377 e. The molecule has 3 fully saturated rings. The minimum Gasteiger partial charge on any atom is -0.377 e. The number of nitrogens with two attached hydrogens (primary N) is 1. The number of fused-ring (bicyclic) bond motifs is 1. The molecule has 4 atom stereocenters. The van der Waals surface area contributed by atoms with Crippen LogP contribution in [0.3, 0.4) is 0 Å². The fraction of sp³-hybridized carbons (Fsp3) is 1.00. The van der Waals surface area contributed by atoms with E-state index < -0.39 is 0 Å². The maximum absolute atomic E-state index is 7.07. The summed E-state index contributed by atoms with van der Waals surface area (Å²) in [5, 5.41) is 0.412. The van der Waals surface area contributed by atoms with Gasteiger partial charge in [0.15, 0.2) is 0 Å². The van der Waals surface area contributed by atoms with Crippen LogP contribution in [-0.4, -0.2) is 49.1 Å². The summed E-state index contributed by atoms with van der Waals surface area (Å²) in [6.07, 6.45) is 10.3. The van der Waals surface area contributed by atoms with Crippen LogP contribution < -0.4 is 5.73 Å². The van der Waals surface area contributed by atoms with Gasteiger partial charge in [-0.25, -0.2) is 0 Å². The molecule has 0 bridgehead atoms. The van der Waals surface area contributed by atoms with Crippen molar-refractivity contribution in [3.05, 3.63) is 0 Å². The summed E-state index contributed by atoms with van der Waals surface area (Å²) < 4.78 is 5.69. The topological polar surface area (TPSA) is 38.5 Å². The Labute approximate surface area is 150 Å². The number of hydrogen-bond acceptors (Lipinski definition) is 3. The lowest BCUT2D eigenvalue weighted by Gasteiger charge is -2.62. The van der Waals surface area contributed by atoms with Gasteiger partial charge in [-0.1, -0.05) is 37.9 Å². The molecule has 4 unspecified atom stereocenters. The summed E-state index contributed by atoms with van der Waals surface area (Å²) in [6.45, 7) is 11.3. The number of piperidine rings is 1. The molecule has 3 rings (SSSR count). The Morgan fingerprint density at radius 2 is 1.92 bits per heavy atom. The van der Waals surface area contributed by atoms with Gasteiger partial charge in [0.05, 0.1) is 18.8 Å². The minimum atomic E-state index is -0.0564. The Morgan fingerprint density at radius 1 is 1.21 bits per heavy atom. The maximum atomic E-state index is 7.07. The van der Waals surface area contributed by atoms with Crippen LogP contribution in [0.4, 0.5) is 0 Å². The predicted octanol–water partition coefficient (Wildman–Crippen LogP) is 3.13. The molecule has 0 radical (unpaired) electrons. The van der Waals surface area contributed by atoms with E-state index >= 15 is 0 Å². The van der Waals surface area contributed by atoms with E-state index in [1.165, 1.54) is 51.4 Å². The van der Waals surface area contributed by atoms with Crippen molar-refractivity contribution in [1.82, 2.24) is 4.90 Å². The van der Waals surface area contributed by atoms with Crippen LogP contribution in [0.5, 0.6) is 0 Å². The van der Waals surface area contributed by atoms with Crippen LogP contribution in [0, 0.1) is 5.92 Å². The first-order valence-electron chi connectivity index (χ1n) is 10.4. The number of nitrogens with zero attached hydrogens (tertiary/aromatic N) is 1. The molecule has 24 heavy (non-hydrogen) atoms. The van der Waals surface area contributed by atoms with Gasteiger partial charge in [-0.3, -0.25) is 4.90 Å². The molecule has 0 aromatic heterocycles.